The molecule has 0 radical (unpaired) electrons. The van der Waals surface area contributed by atoms with Crippen LogP contribution in [0.5, 0.6) is 0 Å². The molecule has 0 bridgehead atoms. The second-order valence-electron chi connectivity index (χ2n) is 4.16. The smallest absolute Gasteiger partial charge is 0.165 e. The zero-order valence-corrected chi connectivity index (χ0v) is 14.8. The van der Waals surface area contributed by atoms with Crippen LogP contribution in [-0.4, -0.2) is 14.8 Å². The van der Waals surface area contributed by atoms with Gasteiger partial charge in [-0.15, -0.1) is 10.2 Å². The maximum atomic E-state index is 4.31. The number of benzene rings is 1. The van der Waals surface area contributed by atoms with Crippen molar-refractivity contribution in [1.29, 1.82) is 0 Å². The number of hydrogen-bond donors (Lipinski definition) is 0. The molecule has 0 saturated heterocycles. The molecule has 3 nitrogen and oxygen atoms in total. The average Bonchev–Trinajstić information content (AvgIpc) is 2.75. The van der Waals surface area contributed by atoms with Gasteiger partial charge in [0.2, 0.25) is 0 Å². The minimum atomic E-state index is 0.313. The lowest BCUT2D eigenvalue weighted by Crippen LogP contribution is -2.07. The number of hydrogen-bond acceptors (Lipinski definition) is 2. The molecule has 0 atom stereocenters. The molecule has 0 unspecified atom stereocenters. The van der Waals surface area contributed by atoms with Gasteiger partial charge in [-0.2, -0.15) is 0 Å². The highest BCUT2D eigenvalue weighted by Crippen LogP contribution is 2.32. The summed E-state index contributed by atoms with van der Waals surface area (Å²) in [6.07, 6.45) is 0. The Morgan fingerprint density at radius 3 is 2.56 bits per heavy atom. The van der Waals surface area contributed by atoms with Gasteiger partial charge in [0.25, 0.3) is 0 Å². The molecule has 18 heavy (non-hydrogen) atoms. The van der Waals surface area contributed by atoms with Crippen LogP contribution in [0.4, 0.5) is 0 Å². The van der Waals surface area contributed by atoms with Gasteiger partial charge in [-0.05, 0) is 32.0 Å². The van der Waals surface area contributed by atoms with E-state index in [0.717, 1.165) is 26.2 Å². The van der Waals surface area contributed by atoms with Crippen molar-refractivity contribution in [3.8, 4) is 11.4 Å². The van der Waals surface area contributed by atoms with E-state index in [-0.39, 0.29) is 0 Å². The summed E-state index contributed by atoms with van der Waals surface area (Å²) in [4.78, 5) is 0. The predicted molar refractivity (Wildman–Crippen MR) is 83.9 cm³/mol. The third kappa shape index (κ3) is 2.70. The molecule has 0 saturated carbocycles. The molecule has 0 spiro atoms. The molecule has 2 aromatic rings. The van der Waals surface area contributed by atoms with Crippen LogP contribution >= 0.6 is 47.8 Å². The lowest BCUT2D eigenvalue weighted by molar-refractivity contribution is 0.586. The lowest BCUT2D eigenvalue weighted by Gasteiger charge is -2.14. The van der Waals surface area contributed by atoms with Crippen molar-refractivity contribution in [3.05, 3.63) is 33.0 Å². The van der Waals surface area contributed by atoms with Crippen molar-refractivity contribution < 1.29 is 0 Å². The number of aromatic nitrogens is 3. The summed E-state index contributed by atoms with van der Waals surface area (Å²) < 4.78 is 4.18. The van der Waals surface area contributed by atoms with Gasteiger partial charge in [-0.3, -0.25) is 0 Å². The first-order valence-corrected chi connectivity index (χ1v) is 8.20. The Bertz CT molecular complexity index is 564. The average molecular weight is 438 g/mol. The standard InChI is InChI=1S/C12H12Br3N3/c1-7(2)18-11(6-13)16-17-12(18)9-5-8(14)3-4-10(9)15/h3-5,7H,6H2,1-2H3. The Labute approximate surface area is 131 Å². The van der Waals surface area contributed by atoms with Crippen molar-refractivity contribution in [2.24, 2.45) is 0 Å². The minimum Gasteiger partial charge on any atom is -0.308 e. The van der Waals surface area contributed by atoms with Gasteiger partial charge in [0.05, 0.1) is 5.33 Å². The summed E-state index contributed by atoms with van der Waals surface area (Å²) in [5, 5.41) is 9.24. The zero-order chi connectivity index (χ0) is 13.3. The first-order chi connectivity index (χ1) is 8.54. The van der Waals surface area contributed by atoms with E-state index >= 15 is 0 Å². The third-order valence-electron chi connectivity index (χ3n) is 2.57. The fourth-order valence-electron chi connectivity index (χ4n) is 1.81. The van der Waals surface area contributed by atoms with E-state index in [2.05, 4.69) is 76.4 Å². The summed E-state index contributed by atoms with van der Waals surface area (Å²) in [5.41, 5.74) is 1.04. The maximum Gasteiger partial charge on any atom is 0.165 e. The van der Waals surface area contributed by atoms with Crippen molar-refractivity contribution in [1.82, 2.24) is 14.8 Å². The van der Waals surface area contributed by atoms with E-state index in [1.807, 2.05) is 18.2 Å². The first-order valence-electron chi connectivity index (χ1n) is 5.49. The molecule has 0 aliphatic carbocycles. The van der Waals surface area contributed by atoms with E-state index in [1.165, 1.54) is 0 Å². The molecule has 0 aliphatic rings. The Balaban J connectivity index is 2.63. The van der Waals surface area contributed by atoms with Crippen LogP contribution in [0.25, 0.3) is 11.4 Å². The van der Waals surface area contributed by atoms with E-state index in [1.54, 1.807) is 0 Å². The minimum absolute atomic E-state index is 0.313. The van der Waals surface area contributed by atoms with E-state index in [0.29, 0.717) is 11.4 Å². The highest BCUT2D eigenvalue weighted by Gasteiger charge is 2.17. The van der Waals surface area contributed by atoms with Crippen LogP contribution in [-0.2, 0) is 5.33 Å². The molecule has 1 aromatic carbocycles. The van der Waals surface area contributed by atoms with Crippen LogP contribution in [0.2, 0.25) is 0 Å². The Kier molecular flexibility index (Phi) is 4.61. The molecule has 1 heterocycles. The molecular formula is C12H12Br3N3. The van der Waals surface area contributed by atoms with Crippen LogP contribution in [0.15, 0.2) is 27.1 Å². The van der Waals surface area contributed by atoms with Gasteiger partial charge in [0.15, 0.2) is 5.82 Å². The van der Waals surface area contributed by atoms with E-state index in [9.17, 15) is 0 Å². The molecule has 0 amide bonds. The normalized spacial score (nSPS) is 11.2. The largest absolute Gasteiger partial charge is 0.308 e. The topological polar surface area (TPSA) is 30.7 Å². The molecular weight excluding hydrogens is 426 g/mol. The highest BCUT2D eigenvalue weighted by molar-refractivity contribution is 9.11. The zero-order valence-electron chi connectivity index (χ0n) is 9.99. The van der Waals surface area contributed by atoms with E-state index < -0.39 is 0 Å². The lowest BCUT2D eigenvalue weighted by atomic mass is 10.2. The number of alkyl halides is 1. The Morgan fingerprint density at radius 1 is 1.22 bits per heavy atom. The molecule has 0 N–H and O–H groups in total. The van der Waals surface area contributed by atoms with E-state index in [4.69, 9.17) is 0 Å². The van der Waals surface area contributed by atoms with Gasteiger partial charge >= 0.3 is 0 Å². The molecule has 0 aliphatic heterocycles. The maximum absolute atomic E-state index is 4.31. The van der Waals surface area contributed by atoms with Gasteiger partial charge < -0.3 is 4.57 Å². The number of nitrogens with zero attached hydrogens (tertiary/aromatic N) is 3. The fraction of sp³-hybridized carbons (Fsp3) is 0.333. The highest BCUT2D eigenvalue weighted by atomic mass is 79.9. The molecule has 96 valence electrons. The Hall–Kier alpha value is -0.200. The quantitative estimate of drug-likeness (QED) is 0.636. The first kappa shape index (κ1) is 14.2. The molecule has 6 heteroatoms. The van der Waals surface area contributed by atoms with Gasteiger partial charge in [0.1, 0.15) is 5.82 Å². The molecule has 1 aromatic heterocycles. The molecule has 2 rings (SSSR count). The summed E-state index contributed by atoms with van der Waals surface area (Å²) in [7, 11) is 0. The predicted octanol–water partition coefficient (Wildman–Crippen LogP) is 4.95. The summed E-state index contributed by atoms with van der Waals surface area (Å²) in [5.74, 6) is 1.82. The SMILES string of the molecule is CC(C)n1c(CBr)nnc1-c1cc(Br)ccc1Br. The number of rotatable bonds is 3. The summed E-state index contributed by atoms with van der Waals surface area (Å²) in [6.45, 7) is 4.26. The third-order valence-corrected chi connectivity index (χ3v) is 4.26. The number of halogens is 3. The van der Waals surface area contributed by atoms with Crippen LogP contribution in [0.3, 0.4) is 0 Å². The van der Waals surface area contributed by atoms with Crippen LogP contribution in [0.1, 0.15) is 25.7 Å². The molecule has 0 fully saturated rings. The van der Waals surface area contributed by atoms with Crippen molar-refractivity contribution in [2.75, 3.05) is 0 Å². The van der Waals surface area contributed by atoms with Gasteiger partial charge in [-0.1, -0.05) is 47.8 Å². The summed E-state index contributed by atoms with van der Waals surface area (Å²) in [6, 6.07) is 6.36. The Morgan fingerprint density at radius 2 is 1.94 bits per heavy atom. The second-order valence-corrected chi connectivity index (χ2v) is 6.49. The second kappa shape index (κ2) is 5.84. The van der Waals surface area contributed by atoms with Crippen LogP contribution < -0.4 is 0 Å². The summed E-state index contributed by atoms with van der Waals surface area (Å²) >= 11 is 10.5. The van der Waals surface area contributed by atoms with Crippen molar-refractivity contribution in [2.45, 2.75) is 25.2 Å². The van der Waals surface area contributed by atoms with Crippen molar-refractivity contribution >= 4 is 47.8 Å². The monoisotopic (exact) mass is 435 g/mol. The van der Waals surface area contributed by atoms with Gasteiger partial charge in [0, 0.05) is 20.6 Å². The van der Waals surface area contributed by atoms with Crippen molar-refractivity contribution in [3.63, 3.8) is 0 Å². The van der Waals surface area contributed by atoms with Gasteiger partial charge in [-0.25, -0.2) is 0 Å². The van der Waals surface area contributed by atoms with Crippen LogP contribution in [0, 0.1) is 0 Å². The fourth-order valence-corrected chi connectivity index (χ4v) is 2.98.